The molecule has 1 saturated carbocycles. The van der Waals surface area contributed by atoms with E-state index in [4.69, 9.17) is 0 Å². The average Bonchev–Trinajstić information content (AvgIpc) is 3.37. The number of amides is 2. The molecular weight excluding hydrogens is 340 g/mol. The number of hydrogen-bond donors (Lipinski definition) is 2. The summed E-state index contributed by atoms with van der Waals surface area (Å²) in [6.45, 7) is 0.103. The molecule has 1 aromatic heterocycles. The summed E-state index contributed by atoms with van der Waals surface area (Å²) in [4.78, 5) is 24.4. The number of carbonyl (C=O) groups is 2. The second-order valence-corrected chi connectivity index (χ2v) is 6.64. The molecule has 0 bridgehead atoms. The molecule has 2 N–H and O–H groups in total. The molecule has 1 aliphatic rings. The van der Waals surface area contributed by atoms with E-state index in [-0.39, 0.29) is 18.4 Å². The Balaban J connectivity index is 1.38. The fraction of sp³-hybridized carbons (Fsp3) is 0.190. The molecular formula is C21H20N4O2. The van der Waals surface area contributed by atoms with Gasteiger partial charge in [-0.2, -0.15) is 5.10 Å². The van der Waals surface area contributed by atoms with E-state index in [1.807, 2.05) is 36.4 Å². The van der Waals surface area contributed by atoms with Crippen LogP contribution in [0.25, 0.3) is 11.3 Å². The first kappa shape index (κ1) is 17.0. The van der Waals surface area contributed by atoms with Gasteiger partial charge in [-0.1, -0.05) is 36.4 Å². The molecule has 6 heteroatoms. The quantitative estimate of drug-likeness (QED) is 0.709. The highest BCUT2D eigenvalue weighted by atomic mass is 16.2. The normalized spacial score (nSPS) is 13.2. The first-order valence-electron chi connectivity index (χ1n) is 8.97. The molecule has 2 amide bonds. The Kier molecular flexibility index (Phi) is 4.70. The first-order chi connectivity index (χ1) is 13.2. The Bertz CT molecular complexity index is 961. The molecule has 0 aliphatic heterocycles. The van der Waals surface area contributed by atoms with Crippen molar-refractivity contribution in [3.8, 4) is 11.3 Å². The maximum absolute atomic E-state index is 12.3. The van der Waals surface area contributed by atoms with Gasteiger partial charge >= 0.3 is 0 Å². The van der Waals surface area contributed by atoms with Crippen LogP contribution in [0.15, 0.2) is 66.9 Å². The SMILES string of the molecule is O=C(Cn1ccc(-c2ccccc2)n1)Nc1cccc(C(=O)NC2CC2)c1. The van der Waals surface area contributed by atoms with Crippen molar-refractivity contribution in [3.05, 3.63) is 72.4 Å². The lowest BCUT2D eigenvalue weighted by Crippen LogP contribution is -2.25. The Morgan fingerprint density at radius 1 is 1.04 bits per heavy atom. The predicted octanol–water partition coefficient (Wildman–Crippen LogP) is 3.08. The molecule has 1 heterocycles. The standard InChI is InChI=1S/C21H20N4O2/c26-20(14-25-12-11-19(24-25)15-5-2-1-3-6-15)22-18-8-4-7-16(13-18)21(27)23-17-9-10-17/h1-8,11-13,17H,9-10,14H2,(H,22,26)(H,23,27). The summed E-state index contributed by atoms with van der Waals surface area (Å²) >= 11 is 0. The van der Waals surface area contributed by atoms with Crippen molar-refractivity contribution >= 4 is 17.5 Å². The molecule has 1 fully saturated rings. The Morgan fingerprint density at radius 3 is 2.63 bits per heavy atom. The largest absolute Gasteiger partial charge is 0.349 e. The zero-order valence-corrected chi connectivity index (χ0v) is 14.8. The number of carbonyl (C=O) groups excluding carboxylic acids is 2. The molecule has 136 valence electrons. The summed E-state index contributed by atoms with van der Waals surface area (Å²) in [6, 6.07) is 19.0. The van der Waals surface area contributed by atoms with E-state index in [0.717, 1.165) is 24.1 Å². The zero-order valence-electron chi connectivity index (χ0n) is 14.8. The Labute approximate surface area is 157 Å². The summed E-state index contributed by atoms with van der Waals surface area (Å²) in [6.07, 6.45) is 3.86. The molecule has 1 aliphatic carbocycles. The van der Waals surface area contributed by atoms with E-state index in [2.05, 4.69) is 15.7 Å². The van der Waals surface area contributed by atoms with Gasteiger partial charge in [0.25, 0.3) is 5.91 Å². The summed E-state index contributed by atoms with van der Waals surface area (Å²) in [7, 11) is 0. The van der Waals surface area contributed by atoms with Crippen molar-refractivity contribution in [1.29, 1.82) is 0 Å². The second kappa shape index (κ2) is 7.45. The number of aromatic nitrogens is 2. The van der Waals surface area contributed by atoms with Gasteiger partial charge in [-0.25, -0.2) is 0 Å². The monoisotopic (exact) mass is 360 g/mol. The van der Waals surface area contributed by atoms with Crippen LogP contribution in [-0.2, 0) is 11.3 Å². The predicted molar refractivity (Wildman–Crippen MR) is 103 cm³/mol. The number of nitrogens with one attached hydrogen (secondary N) is 2. The summed E-state index contributed by atoms with van der Waals surface area (Å²) in [5, 5.41) is 10.2. The third-order valence-electron chi connectivity index (χ3n) is 4.34. The van der Waals surface area contributed by atoms with E-state index >= 15 is 0 Å². The van der Waals surface area contributed by atoms with Crippen molar-refractivity contribution in [1.82, 2.24) is 15.1 Å². The number of benzene rings is 2. The molecule has 27 heavy (non-hydrogen) atoms. The molecule has 0 radical (unpaired) electrons. The molecule has 6 nitrogen and oxygen atoms in total. The molecule has 4 rings (SSSR count). The number of nitrogens with zero attached hydrogens (tertiary/aromatic N) is 2. The van der Waals surface area contributed by atoms with E-state index in [0.29, 0.717) is 17.3 Å². The van der Waals surface area contributed by atoms with Gasteiger partial charge < -0.3 is 10.6 Å². The highest BCUT2D eigenvalue weighted by Crippen LogP contribution is 2.20. The maximum atomic E-state index is 12.3. The molecule has 3 aromatic rings. The van der Waals surface area contributed by atoms with E-state index in [9.17, 15) is 9.59 Å². The van der Waals surface area contributed by atoms with Gasteiger partial charge in [-0.15, -0.1) is 0 Å². The van der Waals surface area contributed by atoms with E-state index in [1.54, 1.807) is 35.1 Å². The number of rotatable bonds is 6. The fourth-order valence-corrected chi connectivity index (χ4v) is 2.79. The summed E-state index contributed by atoms with van der Waals surface area (Å²) in [5.41, 5.74) is 2.97. The van der Waals surface area contributed by atoms with Crippen LogP contribution in [0.3, 0.4) is 0 Å². The van der Waals surface area contributed by atoms with Crippen LogP contribution in [-0.4, -0.2) is 27.6 Å². The van der Waals surface area contributed by atoms with E-state index in [1.165, 1.54) is 0 Å². The van der Waals surface area contributed by atoms with Crippen LogP contribution < -0.4 is 10.6 Å². The lowest BCUT2D eigenvalue weighted by Gasteiger charge is -2.08. The average molecular weight is 360 g/mol. The topological polar surface area (TPSA) is 76.0 Å². The van der Waals surface area contributed by atoms with Crippen molar-refractivity contribution in [3.63, 3.8) is 0 Å². The van der Waals surface area contributed by atoms with Crippen LogP contribution >= 0.6 is 0 Å². The lowest BCUT2D eigenvalue weighted by atomic mass is 10.2. The van der Waals surface area contributed by atoms with Crippen LogP contribution in [0, 0.1) is 0 Å². The highest BCUT2D eigenvalue weighted by molar-refractivity contribution is 5.97. The van der Waals surface area contributed by atoms with Gasteiger partial charge in [0.2, 0.25) is 5.91 Å². The third kappa shape index (κ3) is 4.41. The fourth-order valence-electron chi connectivity index (χ4n) is 2.79. The number of hydrogen-bond acceptors (Lipinski definition) is 3. The van der Waals surface area contributed by atoms with Gasteiger partial charge in [0.15, 0.2) is 0 Å². The molecule has 0 atom stereocenters. The second-order valence-electron chi connectivity index (χ2n) is 6.64. The smallest absolute Gasteiger partial charge is 0.251 e. The van der Waals surface area contributed by atoms with Gasteiger partial charge in [0.05, 0.1) is 5.69 Å². The van der Waals surface area contributed by atoms with Gasteiger partial charge in [-0.05, 0) is 37.1 Å². The van der Waals surface area contributed by atoms with Crippen LogP contribution in [0.2, 0.25) is 0 Å². The summed E-state index contributed by atoms with van der Waals surface area (Å²) < 4.78 is 1.60. The van der Waals surface area contributed by atoms with Crippen molar-refractivity contribution in [2.24, 2.45) is 0 Å². The molecule has 2 aromatic carbocycles. The molecule has 0 unspecified atom stereocenters. The van der Waals surface area contributed by atoms with Crippen molar-refractivity contribution in [2.45, 2.75) is 25.4 Å². The van der Waals surface area contributed by atoms with Gasteiger partial charge in [0, 0.05) is 29.1 Å². The Hall–Kier alpha value is -3.41. The lowest BCUT2D eigenvalue weighted by molar-refractivity contribution is -0.116. The summed E-state index contributed by atoms with van der Waals surface area (Å²) in [5.74, 6) is -0.300. The zero-order chi connectivity index (χ0) is 18.6. The van der Waals surface area contributed by atoms with Crippen LogP contribution in [0.4, 0.5) is 5.69 Å². The highest BCUT2D eigenvalue weighted by Gasteiger charge is 2.23. The molecule has 0 spiro atoms. The minimum absolute atomic E-state index is 0.103. The van der Waals surface area contributed by atoms with Crippen LogP contribution in [0.5, 0.6) is 0 Å². The minimum Gasteiger partial charge on any atom is -0.349 e. The third-order valence-corrected chi connectivity index (χ3v) is 4.34. The van der Waals surface area contributed by atoms with Gasteiger partial charge in [-0.3, -0.25) is 14.3 Å². The Morgan fingerprint density at radius 2 is 1.85 bits per heavy atom. The van der Waals surface area contributed by atoms with E-state index < -0.39 is 0 Å². The minimum atomic E-state index is -0.197. The maximum Gasteiger partial charge on any atom is 0.251 e. The molecule has 0 saturated heterocycles. The number of anilines is 1. The van der Waals surface area contributed by atoms with Gasteiger partial charge in [0.1, 0.15) is 6.54 Å². The van der Waals surface area contributed by atoms with Crippen molar-refractivity contribution in [2.75, 3.05) is 5.32 Å². The van der Waals surface area contributed by atoms with Crippen LogP contribution in [0.1, 0.15) is 23.2 Å². The van der Waals surface area contributed by atoms with Crippen molar-refractivity contribution < 1.29 is 9.59 Å². The first-order valence-corrected chi connectivity index (χ1v) is 8.97.